The Labute approximate surface area is 174 Å². The standard InChI is InChI=1S/C22H25N5O3/c1-14(23)12-29-22-7-6-21-24-11-18(27(21)25-22)20-10-16-17(4-3-5-19(16)30-20)26-8-9-28-13-15(26)2/h3-7,10-11,14-15H,8-9,12-13,23H2,1-2H3/t14-,15-/m0/s1. The number of benzene rings is 1. The van der Waals surface area contributed by atoms with Crippen molar-refractivity contribution in [2.24, 2.45) is 5.73 Å². The van der Waals surface area contributed by atoms with Crippen molar-refractivity contribution in [1.29, 1.82) is 0 Å². The van der Waals surface area contributed by atoms with Crippen molar-refractivity contribution in [3.05, 3.63) is 42.6 Å². The minimum atomic E-state index is -0.0684. The Balaban J connectivity index is 1.55. The lowest BCUT2D eigenvalue weighted by Crippen LogP contribution is -2.43. The molecule has 4 aromatic rings. The van der Waals surface area contributed by atoms with Crippen LogP contribution in [0.5, 0.6) is 5.88 Å². The highest BCUT2D eigenvalue weighted by atomic mass is 16.5. The average molecular weight is 407 g/mol. The third-order valence-electron chi connectivity index (χ3n) is 5.30. The topological polar surface area (TPSA) is 91.0 Å². The van der Waals surface area contributed by atoms with Gasteiger partial charge < -0.3 is 24.5 Å². The third-order valence-corrected chi connectivity index (χ3v) is 5.30. The number of imidazole rings is 1. The number of hydrogen-bond acceptors (Lipinski definition) is 7. The number of rotatable bonds is 5. The van der Waals surface area contributed by atoms with Crippen LogP contribution in [0.3, 0.4) is 0 Å². The summed E-state index contributed by atoms with van der Waals surface area (Å²) in [5.41, 5.74) is 9.27. The molecule has 5 rings (SSSR count). The van der Waals surface area contributed by atoms with E-state index < -0.39 is 0 Å². The van der Waals surface area contributed by atoms with Crippen molar-refractivity contribution in [3.8, 4) is 17.3 Å². The van der Waals surface area contributed by atoms with Gasteiger partial charge in [0.25, 0.3) is 0 Å². The van der Waals surface area contributed by atoms with Gasteiger partial charge in [0.05, 0.1) is 19.4 Å². The molecule has 1 fully saturated rings. The molecule has 1 aromatic carbocycles. The van der Waals surface area contributed by atoms with Crippen molar-refractivity contribution >= 4 is 22.3 Å². The average Bonchev–Trinajstić information content (AvgIpc) is 3.36. The van der Waals surface area contributed by atoms with E-state index in [1.165, 1.54) is 0 Å². The summed E-state index contributed by atoms with van der Waals surface area (Å²) in [5, 5.41) is 5.64. The maximum atomic E-state index is 6.21. The van der Waals surface area contributed by atoms with Gasteiger partial charge in [-0.3, -0.25) is 0 Å². The molecule has 2 atom stereocenters. The molecule has 8 heteroatoms. The van der Waals surface area contributed by atoms with Crippen LogP contribution in [-0.4, -0.2) is 53.0 Å². The number of furan rings is 1. The van der Waals surface area contributed by atoms with Gasteiger partial charge in [0, 0.05) is 35.8 Å². The van der Waals surface area contributed by atoms with Gasteiger partial charge in [-0.15, -0.1) is 5.10 Å². The Morgan fingerprint density at radius 1 is 1.30 bits per heavy atom. The highest BCUT2D eigenvalue weighted by molar-refractivity contribution is 5.94. The molecular weight excluding hydrogens is 382 g/mol. The number of morpholine rings is 1. The van der Waals surface area contributed by atoms with Crippen molar-refractivity contribution in [1.82, 2.24) is 14.6 Å². The molecule has 1 aliphatic rings. The van der Waals surface area contributed by atoms with E-state index in [1.54, 1.807) is 16.8 Å². The van der Waals surface area contributed by atoms with Crippen LogP contribution in [0, 0.1) is 0 Å². The maximum Gasteiger partial charge on any atom is 0.231 e. The Bertz CT molecular complexity index is 1180. The Kier molecular flexibility index (Phi) is 4.80. The van der Waals surface area contributed by atoms with Gasteiger partial charge in [0.2, 0.25) is 5.88 Å². The van der Waals surface area contributed by atoms with Crippen molar-refractivity contribution in [2.45, 2.75) is 25.9 Å². The highest BCUT2D eigenvalue weighted by Gasteiger charge is 2.23. The summed E-state index contributed by atoms with van der Waals surface area (Å²) in [7, 11) is 0. The van der Waals surface area contributed by atoms with Gasteiger partial charge >= 0.3 is 0 Å². The normalized spacial score (nSPS) is 18.2. The molecule has 0 saturated carbocycles. The zero-order chi connectivity index (χ0) is 20.7. The lowest BCUT2D eigenvalue weighted by Gasteiger charge is -2.35. The Morgan fingerprint density at radius 2 is 2.20 bits per heavy atom. The number of nitrogens with two attached hydrogens (primary N) is 1. The van der Waals surface area contributed by atoms with Crippen LogP contribution in [0.15, 0.2) is 47.0 Å². The van der Waals surface area contributed by atoms with E-state index in [2.05, 4.69) is 34.0 Å². The van der Waals surface area contributed by atoms with Gasteiger partial charge in [-0.1, -0.05) is 6.07 Å². The second-order valence-electron chi connectivity index (χ2n) is 7.79. The molecule has 1 saturated heterocycles. The summed E-state index contributed by atoms with van der Waals surface area (Å²) in [6.45, 7) is 6.78. The summed E-state index contributed by atoms with van der Waals surface area (Å²) >= 11 is 0. The molecule has 0 radical (unpaired) electrons. The van der Waals surface area contributed by atoms with Crippen LogP contribution in [0.2, 0.25) is 0 Å². The zero-order valence-corrected chi connectivity index (χ0v) is 17.1. The molecule has 0 amide bonds. The smallest absolute Gasteiger partial charge is 0.231 e. The fraction of sp³-hybridized carbons (Fsp3) is 0.364. The van der Waals surface area contributed by atoms with Crippen LogP contribution in [0.1, 0.15) is 13.8 Å². The zero-order valence-electron chi connectivity index (χ0n) is 17.1. The molecule has 0 unspecified atom stereocenters. The lowest BCUT2D eigenvalue weighted by molar-refractivity contribution is 0.0991. The lowest BCUT2D eigenvalue weighted by atomic mass is 10.1. The fourth-order valence-electron chi connectivity index (χ4n) is 3.83. The minimum absolute atomic E-state index is 0.0684. The molecular formula is C22H25N5O3. The van der Waals surface area contributed by atoms with Gasteiger partial charge in [0.1, 0.15) is 17.9 Å². The number of fused-ring (bicyclic) bond motifs is 2. The molecule has 0 bridgehead atoms. The number of nitrogens with zero attached hydrogens (tertiary/aromatic N) is 4. The van der Waals surface area contributed by atoms with Crippen LogP contribution < -0.4 is 15.4 Å². The first kappa shape index (κ1) is 18.9. The van der Waals surface area contributed by atoms with Crippen molar-refractivity contribution in [2.75, 3.05) is 31.3 Å². The predicted molar refractivity (Wildman–Crippen MR) is 115 cm³/mol. The largest absolute Gasteiger partial charge is 0.475 e. The second-order valence-corrected chi connectivity index (χ2v) is 7.79. The SMILES string of the molecule is C[C@H](N)COc1ccc2ncc(-c3cc4c(N5CCOC[C@@H]5C)cccc4o3)n2n1. The molecule has 2 N–H and O–H groups in total. The molecule has 4 heterocycles. The Morgan fingerprint density at radius 3 is 3.03 bits per heavy atom. The third kappa shape index (κ3) is 3.38. The first-order chi connectivity index (χ1) is 14.6. The van der Waals surface area contributed by atoms with Gasteiger partial charge in [-0.05, 0) is 38.1 Å². The van der Waals surface area contributed by atoms with E-state index in [0.717, 1.165) is 47.8 Å². The van der Waals surface area contributed by atoms with Gasteiger partial charge in [-0.2, -0.15) is 0 Å². The summed E-state index contributed by atoms with van der Waals surface area (Å²) in [4.78, 5) is 6.83. The first-order valence-corrected chi connectivity index (χ1v) is 10.2. The van der Waals surface area contributed by atoms with E-state index in [0.29, 0.717) is 24.3 Å². The minimum Gasteiger partial charge on any atom is -0.475 e. The molecule has 3 aromatic heterocycles. The van der Waals surface area contributed by atoms with E-state index in [1.807, 2.05) is 25.1 Å². The number of anilines is 1. The van der Waals surface area contributed by atoms with E-state index in [4.69, 9.17) is 19.6 Å². The fourth-order valence-corrected chi connectivity index (χ4v) is 3.83. The molecule has 0 aliphatic carbocycles. The first-order valence-electron chi connectivity index (χ1n) is 10.2. The predicted octanol–water partition coefficient (Wildman–Crippen LogP) is 3.09. The maximum absolute atomic E-state index is 6.21. The summed E-state index contributed by atoms with van der Waals surface area (Å²) < 4.78 is 19.2. The van der Waals surface area contributed by atoms with Crippen LogP contribution in [0.25, 0.3) is 28.1 Å². The molecule has 30 heavy (non-hydrogen) atoms. The van der Waals surface area contributed by atoms with Crippen molar-refractivity contribution < 1.29 is 13.9 Å². The number of aromatic nitrogens is 3. The van der Waals surface area contributed by atoms with E-state index >= 15 is 0 Å². The second kappa shape index (κ2) is 7.62. The van der Waals surface area contributed by atoms with Gasteiger partial charge in [-0.25, -0.2) is 9.50 Å². The van der Waals surface area contributed by atoms with Crippen LogP contribution in [0.4, 0.5) is 5.69 Å². The summed E-state index contributed by atoms with van der Waals surface area (Å²) in [6, 6.07) is 12.1. The molecule has 8 nitrogen and oxygen atoms in total. The van der Waals surface area contributed by atoms with Gasteiger partial charge in [0.15, 0.2) is 11.4 Å². The van der Waals surface area contributed by atoms with Crippen molar-refractivity contribution in [3.63, 3.8) is 0 Å². The quantitative estimate of drug-likeness (QED) is 0.543. The molecule has 0 spiro atoms. The Hall–Kier alpha value is -3.10. The van der Waals surface area contributed by atoms with E-state index in [-0.39, 0.29) is 6.04 Å². The highest BCUT2D eigenvalue weighted by Crippen LogP contribution is 2.35. The van der Waals surface area contributed by atoms with Crippen LogP contribution in [-0.2, 0) is 4.74 Å². The molecule has 156 valence electrons. The monoisotopic (exact) mass is 407 g/mol. The number of hydrogen-bond donors (Lipinski definition) is 1. The van der Waals surface area contributed by atoms with E-state index in [9.17, 15) is 0 Å². The molecule has 1 aliphatic heterocycles. The summed E-state index contributed by atoms with van der Waals surface area (Å²) in [6.07, 6.45) is 1.77. The number of ether oxygens (including phenoxy) is 2. The summed E-state index contributed by atoms with van der Waals surface area (Å²) in [5.74, 6) is 1.21. The van der Waals surface area contributed by atoms with Crippen LogP contribution >= 0.6 is 0 Å².